The Bertz CT molecular complexity index is 463. The van der Waals surface area contributed by atoms with E-state index >= 15 is 0 Å². The van der Waals surface area contributed by atoms with Gasteiger partial charge in [-0.1, -0.05) is 44.6 Å². The van der Waals surface area contributed by atoms with Gasteiger partial charge in [0.2, 0.25) is 5.91 Å². The molecule has 0 bridgehead atoms. The van der Waals surface area contributed by atoms with Crippen LogP contribution >= 0.6 is 11.8 Å². The molecule has 0 aliphatic rings. The van der Waals surface area contributed by atoms with E-state index in [2.05, 4.69) is 10.5 Å². The van der Waals surface area contributed by atoms with Crippen molar-refractivity contribution in [3.63, 3.8) is 0 Å². The van der Waals surface area contributed by atoms with E-state index in [1.807, 2.05) is 20.8 Å². The van der Waals surface area contributed by atoms with Crippen molar-refractivity contribution >= 4 is 28.6 Å². The summed E-state index contributed by atoms with van der Waals surface area (Å²) in [6, 6.07) is 1.72. The van der Waals surface area contributed by atoms with Crippen LogP contribution in [0.2, 0.25) is 0 Å². The fraction of sp³-hybridized carbons (Fsp3) is 0.615. The van der Waals surface area contributed by atoms with Crippen molar-refractivity contribution in [1.29, 1.82) is 0 Å². The predicted octanol–water partition coefficient (Wildman–Crippen LogP) is 2.83. The molecular formula is C13H20N2O3S. The summed E-state index contributed by atoms with van der Waals surface area (Å²) in [5, 5.41) is 6.52. The van der Waals surface area contributed by atoms with Crippen molar-refractivity contribution in [3.8, 4) is 0 Å². The van der Waals surface area contributed by atoms with Gasteiger partial charge in [0.05, 0.1) is 0 Å². The highest BCUT2D eigenvalue weighted by molar-refractivity contribution is 8.13. The highest BCUT2D eigenvalue weighted by Crippen LogP contribution is 2.24. The largest absolute Gasteiger partial charge is 0.359 e. The van der Waals surface area contributed by atoms with Crippen LogP contribution in [-0.2, 0) is 15.0 Å². The smallest absolute Gasteiger partial charge is 0.229 e. The topological polar surface area (TPSA) is 72.2 Å². The van der Waals surface area contributed by atoms with Crippen LogP contribution in [0.3, 0.4) is 0 Å². The van der Waals surface area contributed by atoms with Crippen LogP contribution in [0.15, 0.2) is 10.6 Å². The Morgan fingerprint density at radius 1 is 1.47 bits per heavy atom. The van der Waals surface area contributed by atoms with Crippen LogP contribution in [0.4, 0.5) is 5.82 Å². The molecule has 1 aromatic heterocycles. The summed E-state index contributed by atoms with van der Waals surface area (Å²) in [6.45, 7) is 9.28. The Kier molecular flexibility index (Phi) is 5.17. The monoisotopic (exact) mass is 284 g/mol. The lowest BCUT2D eigenvalue weighted by atomic mass is 9.93. The summed E-state index contributed by atoms with van der Waals surface area (Å²) in [4.78, 5) is 22.7. The van der Waals surface area contributed by atoms with Crippen molar-refractivity contribution in [2.75, 3.05) is 11.1 Å². The Balaban J connectivity index is 2.57. The lowest BCUT2D eigenvalue weighted by Crippen LogP contribution is -2.22. The zero-order chi connectivity index (χ0) is 14.6. The molecule has 1 amide bonds. The summed E-state index contributed by atoms with van der Waals surface area (Å²) in [6.07, 6.45) is 0. The van der Waals surface area contributed by atoms with Gasteiger partial charge in [0.15, 0.2) is 10.9 Å². The molecule has 6 heteroatoms. The van der Waals surface area contributed by atoms with E-state index in [0.29, 0.717) is 17.3 Å². The number of nitrogens with zero attached hydrogens (tertiary/aromatic N) is 1. The van der Waals surface area contributed by atoms with Gasteiger partial charge in [-0.3, -0.25) is 9.59 Å². The van der Waals surface area contributed by atoms with Crippen LogP contribution in [0.5, 0.6) is 0 Å². The first-order valence-corrected chi connectivity index (χ1v) is 7.10. The van der Waals surface area contributed by atoms with E-state index in [-0.39, 0.29) is 22.4 Å². The maximum absolute atomic E-state index is 11.9. The Morgan fingerprint density at radius 2 is 2.11 bits per heavy atom. The highest BCUT2D eigenvalue weighted by Gasteiger charge is 2.21. The molecule has 1 unspecified atom stereocenters. The Morgan fingerprint density at radius 3 is 2.58 bits per heavy atom. The normalized spacial score (nSPS) is 13.1. The van der Waals surface area contributed by atoms with Crippen molar-refractivity contribution in [3.05, 3.63) is 11.8 Å². The minimum atomic E-state index is -0.260. The van der Waals surface area contributed by atoms with E-state index in [9.17, 15) is 9.59 Å². The molecule has 106 valence electrons. The van der Waals surface area contributed by atoms with Crippen LogP contribution in [0.25, 0.3) is 0 Å². The number of hydrogen-bond acceptors (Lipinski definition) is 5. The maximum Gasteiger partial charge on any atom is 0.229 e. The molecule has 1 rings (SSSR count). The molecular weight excluding hydrogens is 264 g/mol. The summed E-state index contributed by atoms with van der Waals surface area (Å²) in [5.41, 5.74) is -0.147. The molecule has 1 heterocycles. The van der Waals surface area contributed by atoms with Crippen LogP contribution in [-0.4, -0.2) is 21.9 Å². The van der Waals surface area contributed by atoms with E-state index in [1.54, 1.807) is 13.0 Å². The van der Waals surface area contributed by atoms with Crippen molar-refractivity contribution < 1.29 is 14.1 Å². The molecule has 19 heavy (non-hydrogen) atoms. The fourth-order valence-electron chi connectivity index (χ4n) is 1.26. The van der Waals surface area contributed by atoms with Crippen LogP contribution in [0, 0.1) is 5.92 Å². The summed E-state index contributed by atoms with van der Waals surface area (Å²) < 4.78 is 5.18. The van der Waals surface area contributed by atoms with Crippen molar-refractivity contribution in [2.24, 2.45) is 5.92 Å². The molecule has 0 aliphatic carbocycles. The van der Waals surface area contributed by atoms with E-state index in [0.717, 1.165) is 11.8 Å². The van der Waals surface area contributed by atoms with E-state index in [1.165, 1.54) is 6.92 Å². The maximum atomic E-state index is 11.9. The number of carbonyl (C=O) groups is 2. The first kappa shape index (κ1) is 15.8. The first-order chi connectivity index (χ1) is 8.70. The number of nitrogens with one attached hydrogen (secondary N) is 1. The summed E-state index contributed by atoms with van der Waals surface area (Å²) >= 11 is 1.14. The number of aromatic nitrogens is 1. The second-order valence-electron chi connectivity index (χ2n) is 5.52. The Hall–Kier alpha value is -1.30. The molecule has 1 N–H and O–H groups in total. The SMILES string of the molecule is CC(=O)SCC(C)C(=O)Nc1cc(C(C)(C)C)on1. The van der Waals surface area contributed by atoms with Gasteiger partial charge in [-0.2, -0.15) is 0 Å². The van der Waals surface area contributed by atoms with Gasteiger partial charge in [-0.05, 0) is 0 Å². The number of carbonyl (C=O) groups excluding carboxylic acids is 2. The highest BCUT2D eigenvalue weighted by atomic mass is 32.2. The standard InChI is InChI=1S/C13H20N2O3S/c1-8(7-19-9(2)16)12(17)14-11-6-10(18-15-11)13(3,4)5/h6,8H,7H2,1-5H3,(H,14,15,17). The third kappa shape index (κ3) is 5.06. The number of amides is 1. The fourth-order valence-corrected chi connectivity index (χ4v) is 1.89. The van der Waals surface area contributed by atoms with Crippen molar-refractivity contribution in [1.82, 2.24) is 5.16 Å². The average Bonchev–Trinajstić information content (AvgIpc) is 2.73. The minimum Gasteiger partial charge on any atom is -0.359 e. The number of rotatable bonds is 4. The van der Waals surface area contributed by atoms with Crippen LogP contribution in [0.1, 0.15) is 40.4 Å². The molecule has 1 atom stereocenters. The van der Waals surface area contributed by atoms with Crippen LogP contribution < -0.4 is 5.32 Å². The first-order valence-electron chi connectivity index (χ1n) is 6.11. The summed E-state index contributed by atoms with van der Waals surface area (Å²) in [7, 11) is 0. The molecule has 0 aromatic carbocycles. The van der Waals surface area contributed by atoms with Gasteiger partial charge in [0, 0.05) is 30.1 Å². The molecule has 5 nitrogen and oxygen atoms in total. The molecule has 0 radical (unpaired) electrons. The van der Waals surface area contributed by atoms with Gasteiger partial charge < -0.3 is 9.84 Å². The molecule has 0 aliphatic heterocycles. The molecule has 0 saturated heterocycles. The minimum absolute atomic E-state index is 0.0103. The lowest BCUT2D eigenvalue weighted by Gasteiger charge is -2.12. The second-order valence-corrected chi connectivity index (χ2v) is 6.72. The van der Waals surface area contributed by atoms with Gasteiger partial charge in [0.25, 0.3) is 0 Å². The molecule has 1 aromatic rings. The summed E-state index contributed by atoms with van der Waals surface area (Å²) in [5.74, 6) is 1.17. The van der Waals surface area contributed by atoms with E-state index < -0.39 is 0 Å². The number of anilines is 1. The van der Waals surface area contributed by atoms with E-state index in [4.69, 9.17) is 4.52 Å². The van der Waals surface area contributed by atoms with Gasteiger partial charge in [0.1, 0.15) is 5.76 Å². The zero-order valence-electron chi connectivity index (χ0n) is 11.9. The zero-order valence-corrected chi connectivity index (χ0v) is 12.8. The molecule has 0 fully saturated rings. The average molecular weight is 284 g/mol. The molecule has 0 saturated carbocycles. The van der Waals surface area contributed by atoms with Crippen molar-refractivity contribution in [2.45, 2.75) is 40.0 Å². The van der Waals surface area contributed by atoms with Gasteiger partial charge >= 0.3 is 0 Å². The van der Waals surface area contributed by atoms with Gasteiger partial charge in [-0.25, -0.2) is 0 Å². The quantitative estimate of drug-likeness (QED) is 0.920. The molecule has 0 spiro atoms. The Labute approximate surface area is 117 Å². The number of thioether (sulfide) groups is 1. The third-order valence-corrected chi connectivity index (χ3v) is 3.56. The van der Waals surface area contributed by atoms with Gasteiger partial charge in [-0.15, -0.1) is 0 Å². The second kappa shape index (κ2) is 6.23. The number of hydrogen-bond donors (Lipinski definition) is 1. The third-order valence-electron chi connectivity index (χ3n) is 2.48. The predicted molar refractivity (Wildman–Crippen MR) is 76.1 cm³/mol. The lowest BCUT2D eigenvalue weighted by molar-refractivity contribution is -0.118.